The number of benzene rings is 1. The van der Waals surface area contributed by atoms with Gasteiger partial charge in [0.2, 0.25) is 0 Å². The van der Waals surface area contributed by atoms with Gasteiger partial charge < -0.3 is 19.5 Å². The van der Waals surface area contributed by atoms with Crippen molar-refractivity contribution in [3.05, 3.63) is 34.3 Å². The Bertz CT molecular complexity index is 951. The molecule has 0 saturated carbocycles. The molecule has 3 rings (SSSR count). The molecule has 1 aromatic carbocycles. The van der Waals surface area contributed by atoms with Gasteiger partial charge in [0.25, 0.3) is 0 Å². The third-order valence-electron chi connectivity index (χ3n) is 4.76. The summed E-state index contributed by atoms with van der Waals surface area (Å²) >= 11 is 7.77. The monoisotopic (exact) mass is 481 g/mol. The lowest BCUT2D eigenvalue weighted by Crippen LogP contribution is -2.50. The van der Waals surface area contributed by atoms with E-state index < -0.39 is 11.6 Å². The number of ether oxygens (including phenoxy) is 2. The minimum Gasteiger partial charge on any atom is -0.492 e. The maximum Gasteiger partial charge on any atom is 0.410 e. The predicted octanol–water partition coefficient (Wildman–Crippen LogP) is 4.02. The zero-order valence-corrected chi connectivity index (χ0v) is 20.0. The van der Waals surface area contributed by atoms with Crippen molar-refractivity contribution in [3.8, 4) is 16.3 Å². The molecule has 8 nitrogen and oxygen atoms in total. The van der Waals surface area contributed by atoms with Crippen LogP contribution in [0.2, 0.25) is 5.02 Å². The Balaban J connectivity index is 1.45. The fourth-order valence-corrected chi connectivity index (χ4v) is 4.37. The summed E-state index contributed by atoms with van der Waals surface area (Å²) in [6.45, 7) is 9.64. The third-order valence-corrected chi connectivity index (χ3v) is 5.99. The van der Waals surface area contributed by atoms with Gasteiger partial charge in [-0.3, -0.25) is 9.69 Å². The standard InChI is InChI=1S/C22H28ClN3O5S/c1-22(2,3)31-21(29)26-8-6-25(7-9-26)10-11-30-16-4-5-17(18(23)13-16)20-24-15(14-32-20)12-19(27)28/h4-5,13-14H,6-12H2,1-3H3,(H,27,28). The lowest BCUT2D eigenvalue weighted by Gasteiger charge is -2.35. The summed E-state index contributed by atoms with van der Waals surface area (Å²) in [5.41, 5.74) is 0.777. The first-order valence-electron chi connectivity index (χ1n) is 10.4. The lowest BCUT2D eigenvalue weighted by molar-refractivity contribution is -0.136. The van der Waals surface area contributed by atoms with Crippen LogP contribution >= 0.6 is 22.9 Å². The fourth-order valence-electron chi connectivity index (χ4n) is 3.20. The molecule has 2 aromatic rings. The Hall–Kier alpha value is -2.36. The van der Waals surface area contributed by atoms with Crippen molar-refractivity contribution in [1.29, 1.82) is 0 Å². The van der Waals surface area contributed by atoms with Crippen molar-refractivity contribution in [1.82, 2.24) is 14.8 Å². The molecule has 32 heavy (non-hydrogen) atoms. The van der Waals surface area contributed by atoms with Gasteiger partial charge in [-0.15, -0.1) is 11.3 Å². The van der Waals surface area contributed by atoms with Gasteiger partial charge >= 0.3 is 12.1 Å². The number of hydrogen-bond acceptors (Lipinski definition) is 7. The molecular weight excluding hydrogens is 454 g/mol. The second kappa shape index (κ2) is 10.5. The molecule has 1 fully saturated rings. The molecule has 1 amide bonds. The van der Waals surface area contributed by atoms with Crippen molar-refractivity contribution >= 4 is 35.0 Å². The summed E-state index contributed by atoms with van der Waals surface area (Å²) in [4.78, 5) is 31.3. The van der Waals surface area contributed by atoms with Gasteiger partial charge in [-0.1, -0.05) is 11.6 Å². The molecule has 1 aliphatic rings. The maximum atomic E-state index is 12.1. The minimum absolute atomic E-state index is 0.110. The van der Waals surface area contributed by atoms with E-state index in [1.54, 1.807) is 16.3 Å². The molecule has 0 atom stereocenters. The number of rotatable bonds is 7. The van der Waals surface area contributed by atoms with Crippen LogP contribution < -0.4 is 4.74 Å². The highest BCUT2D eigenvalue weighted by Gasteiger charge is 2.25. The highest BCUT2D eigenvalue weighted by Crippen LogP contribution is 2.33. The largest absolute Gasteiger partial charge is 0.492 e. The van der Waals surface area contributed by atoms with Crippen LogP contribution in [0, 0.1) is 0 Å². The van der Waals surface area contributed by atoms with Crippen LogP contribution in [0.4, 0.5) is 4.79 Å². The molecule has 0 aliphatic carbocycles. The summed E-state index contributed by atoms with van der Waals surface area (Å²) in [7, 11) is 0. The number of aromatic nitrogens is 1. The van der Waals surface area contributed by atoms with Crippen molar-refractivity contribution in [2.24, 2.45) is 0 Å². The SMILES string of the molecule is CC(C)(C)OC(=O)N1CCN(CCOc2ccc(-c3nc(CC(=O)O)cs3)c(Cl)c2)CC1. The van der Waals surface area contributed by atoms with E-state index >= 15 is 0 Å². The Morgan fingerprint density at radius 3 is 2.56 bits per heavy atom. The number of carbonyl (C=O) groups excluding carboxylic acids is 1. The first-order chi connectivity index (χ1) is 15.1. The highest BCUT2D eigenvalue weighted by atomic mass is 35.5. The van der Waals surface area contributed by atoms with Crippen molar-refractivity contribution in [2.45, 2.75) is 32.8 Å². The molecule has 1 aromatic heterocycles. The zero-order valence-electron chi connectivity index (χ0n) is 18.5. The van der Waals surface area contributed by atoms with E-state index in [1.165, 1.54) is 11.3 Å². The fraction of sp³-hybridized carbons (Fsp3) is 0.500. The summed E-state index contributed by atoms with van der Waals surface area (Å²) in [6.07, 6.45) is -0.375. The second-order valence-electron chi connectivity index (χ2n) is 8.51. The van der Waals surface area contributed by atoms with Crippen molar-refractivity contribution in [3.63, 3.8) is 0 Å². The predicted molar refractivity (Wildman–Crippen MR) is 124 cm³/mol. The average Bonchev–Trinajstić information content (AvgIpc) is 3.14. The van der Waals surface area contributed by atoms with Gasteiger partial charge in [0.05, 0.1) is 17.1 Å². The van der Waals surface area contributed by atoms with E-state index in [1.807, 2.05) is 32.9 Å². The van der Waals surface area contributed by atoms with Gasteiger partial charge in [0, 0.05) is 43.7 Å². The van der Waals surface area contributed by atoms with E-state index in [4.69, 9.17) is 26.2 Å². The van der Waals surface area contributed by atoms with E-state index in [0.717, 1.165) is 25.2 Å². The smallest absolute Gasteiger partial charge is 0.410 e. The first kappa shape index (κ1) is 24.3. The maximum absolute atomic E-state index is 12.1. The molecule has 2 heterocycles. The number of halogens is 1. The van der Waals surface area contributed by atoms with E-state index in [0.29, 0.717) is 41.2 Å². The van der Waals surface area contributed by atoms with Crippen LogP contribution in [-0.4, -0.2) is 76.9 Å². The highest BCUT2D eigenvalue weighted by molar-refractivity contribution is 7.13. The molecule has 0 radical (unpaired) electrons. The lowest BCUT2D eigenvalue weighted by atomic mass is 10.2. The zero-order chi connectivity index (χ0) is 23.3. The molecule has 0 unspecified atom stereocenters. The number of carboxylic acid groups (broad SMARTS) is 1. The number of aliphatic carboxylic acids is 1. The minimum atomic E-state index is -0.914. The average molecular weight is 482 g/mol. The Labute approximate surface area is 196 Å². The van der Waals surface area contributed by atoms with Crippen LogP contribution in [0.5, 0.6) is 5.75 Å². The van der Waals surface area contributed by atoms with Crippen LogP contribution in [-0.2, 0) is 16.0 Å². The number of nitrogens with zero attached hydrogens (tertiary/aromatic N) is 3. The van der Waals surface area contributed by atoms with Crippen LogP contribution in [0.15, 0.2) is 23.6 Å². The molecule has 1 aliphatic heterocycles. The third kappa shape index (κ3) is 7.08. The number of carboxylic acids is 1. The second-order valence-corrected chi connectivity index (χ2v) is 9.78. The van der Waals surface area contributed by atoms with Crippen molar-refractivity contribution < 1.29 is 24.2 Å². The van der Waals surface area contributed by atoms with E-state index in [2.05, 4.69) is 9.88 Å². The van der Waals surface area contributed by atoms with Gasteiger partial charge in [0.1, 0.15) is 23.0 Å². The van der Waals surface area contributed by atoms with Crippen LogP contribution in [0.25, 0.3) is 10.6 Å². The molecule has 10 heteroatoms. The number of piperazine rings is 1. The van der Waals surface area contributed by atoms with E-state index in [-0.39, 0.29) is 12.5 Å². The van der Waals surface area contributed by atoms with Gasteiger partial charge in [-0.2, -0.15) is 0 Å². The summed E-state index contributed by atoms with van der Waals surface area (Å²) < 4.78 is 11.3. The Morgan fingerprint density at radius 1 is 1.22 bits per heavy atom. The number of amides is 1. The molecular formula is C22H28ClN3O5S. The molecule has 0 spiro atoms. The van der Waals surface area contributed by atoms with Gasteiger partial charge in [-0.05, 0) is 39.0 Å². The van der Waals surface area contributed by atoms with Crippen molar-refractivity contribution in [2.75, 3.05) is 39.3 Å². The molecule has 1 N–H and O–H groups in total. The first-order valence-corrected chi connectivity index (χ1v) is 11.7. The molecule has 0 bridgehead atoms. The molecule has 174 valence electrons. The quantitative estimate of drug-likeness (QED) is 0.638. The van der Waals surface area contributed by atoms with Crippen LogP contribution in [0.1, 0.15) is 26.5 Å². The Morgan fingerprint density at radius 2 is 1.94 bits per heavy atom. The number of thiazole rings is 1. The summed E-state index contributed by atoms with van der Waals surface area (Å²) in [5.74, 6) is -0.253. The molecule has 1 saturated heterocycles. The van der Waals surface area contributed by atoms with Gasteiger partial charge in [-0.25, -0.2) is 9.78 Å². The Kier molecular flexibility index (Phi) is 7.97. The topological polar surface area (TPSA) is 92.2 Å². The number of carbonyl (C=O) groups is 2. The van der Waals surface area contributed by atoms with E-state index in [9.17, 15) is 9.59 Å². The summed E-state index contributed by atoms with van der Waals surface area (Å²) in [5, 5.41) is 11.8. The van der Waals surface area contributed by atoms with Gasteiger partial charge in [0.15, 0.2) is 0 Å². The number of hydrogen-bond donors (Lipinski definition) is 1. The normalized spacial score (nSPS) is 14.9. The van der Waals surface area contributed by atoms with Crippen LogP contribution in [0.3, 0.4) is 0 Å². The summed E-state index contributed by atoms with van der Waals surface area (Å²) in [6, 6.07) is 5.41.